The summed E-state index contributed by atoms with van der Waals surface area (Å²) >= 11 is 5.86. The van der Waals surface area contributed by atoms with E-state index in [0.29, 0.717) is 10.7 Å². The summed E-state index contributed by atoms with van der Waals surface area (Å²) in [5.41, 5.74) is 1.02. The maximum atomic E-state index is 13.0. The van der Waals surface area contributed by atoms with Crippen LogP contribution in [-0.4, -0.2) is 20.0 Å². The van der Waals surface area contributed by atoms with Crippen molar-refractivity contribution in [2.24, 2.45) is 7.05 Å². The highest BCUT2D eigenvalue weighted by atomic mass is 35.5. The fraction of sp³-hybridized carbons (Fsp3) is 0.0952. The van der Waals surface area contributed by atoms with Crippen LogP contribution in [0.3, 0.4) is 0 Å². The summed E-state index contributed by atoms with van der Waals surface area (Å²) in [5.74, 6) is -0.436. The Labute approximate surface area is 170 Å². The first-order valence-electron chi connectivity index (χ1n) is 8.87. The largest absolute Gasteiger partial charge is 0.344 e. The molecule has 4 aromatic rings. The smallest absolute Gasteiger partial charge is 0.329 e. The van der Waals surface area contributed by atoms with Crippen molar-refractivity contribution in [3.05, 3.63) is 97.8 Å². The lowest BCUT2D eigenvalue weighted by Gasteiger charge is -2.07. The summed E-state index contributed by atoms with van der Waals surface area (Å²) < 4.78 is 2.67. The standard InChI is InChI=1S/C21H17ClN4O3/c1-25-12-16(19(27)23-15-9-7-14(22)8-10-15)17-18(25)20(28)26(21(29)24-17)11-13-5-3-2-4-6-13/h2-10,12H,11H2,1H3,(H,23,27)(H,24,29). The number of aromatic nitrogens is 3. The van der Waals surface area contributed by atoms with Gasteiger partial charge in [0, 0.05) is 24.0 Å². The highest BCUT2D eigenvalue weighted by Gasteiger charge is 2.19. The van der Waals surface area contributed by atoms with E-state index >= 15 is 0 Å². The second-order valence-electron chi connectivity index (χ2n) is 6.65. The zero-order chi connectivity index (χ0) is 20.5. The average molecular weight is 409 g/mol. The number of fused-ring (bicyclic) bond motifs is 1. The molecule has 0 atom stereocenters. The van der Waals surface area contributed by atoms with Crippen molar-refractivity contribution in [3.8, 4) is 0 Å². The summed E-state index contributed by atoms with van der Waals surface area (Å²) in [7, 11) is 1.66. The molecule has 8 heteroatoms. The molecule has 2 aromatic carbocycles. The number of carbonyl (C=O) groups is 1. The Kier molecular flexibility index (Phi) is 4.82. The van der Waals surface area contributed by atoms with E-state index < -0.39 is 17.2 Å². The molecule has 0 aliphatic heterocycles. The van der Waals surface area contributed by atoms with Crippen molar-refractivity contribution in [1.82, 2.24) is 14.1 Å². The fourth-order valence-electron chi connectivity index (χ4n) is 3.22. The molecular formula is C21H17ClN4O3. The van der Waals surface area contributed by atoms with Crippen LogP contribution in [0.25, 0.3) is 11.0 Å². The molecule has 0 radical (unpaired) electrons. The lowest BCUT2D eigenvalue weighted by atomic mass is 10.2. The van der Waals surface area contributed by atoms with E-state index in [-0.39, 0.29) is 23.1 Å². The molecule has 0 aliphatic carbocycles. The van der Waals surface area contributed by atoms with Gasteiger partial charge in [0.15, 0.2) is 0 Å². The first kappa shape index (κ1) is 18.8. The predicted octanol–water partition coefficient (Wildman–Crippen LogP) is 2.98. The van der Waals surface area contributed by atoms with Gasteiger partial charge in [0.25, 0.3) is 11.5 Å². The van der Waals surface area contributed by atoms with E-state index in [2.05, 4.69) is 10.3 Å². The van der Waals surface area contributed by atoms with Crippen LogP contribution in [0.5, 0.6) is 0 Å². The molecule has 1 amide bonds. The van der Waals surface area contributed by atoms with Crippen LogP contribution in [0.4, 0.5) is 5.69 Å². The Balaban J connectivity index is 1.76. The first-order valence-corrected chi connectivity index (χ1v) is 9.25. The second kappa shape index (κ2) is 7.44. The molecule has 146 valence electrons. The minimum absolute atomic E-state index is 0.141. The Morgan fingerprint density at radius 2 is 1.76 bits per heavy atom. The molecule has 2 aromatic heterocycles. The van der Waals surface area contributed by atoms with E-state index in [1.165, 1.54) is 6.20 Å². The highest BCUT2D eigenvalue weighted by molar-refractivity contribution is 6.30. The summed E-state index contributed by atoms with van der Waals surface area (Å²) in [6, 6.07) is 15.9. The Morgan fingerprint density at radius 1 is 1.07 bits per heavy atom. The van der Waals surface area contributed by atoms with E-state index in [4.69, 9.17) is 11.6 Å². The van der Waals surface area contributed by atoms with Gasteiger partial charge in [-0.15, -0.1) is 0 Å². The molecule has 7 nitrogen and oxygen atoms in total. The minimum atomic E-state index is -0.571. The Bertz CT molecular complexity index is 1320. The molecule has 0 saturated carbocycles. The number of H-pyrrole nitrogens is 1. The molecular weight excluding hydrogens is 392 g/mol. The molecule has 2 heterocycles. The normalized spacial score (nSPS) is 11.0. The first-order chi connectivity index (χ1) is 13.9. The minimum Gasteiger partial charge on any atom is -0.344 e. The van der Waals surface area contributed by atoms with Crippen LogP contribution in [0.15, 0.2) is 70.4 Å². The number of hydrogen-bond acceptors (Lipinski definition) is 3. The number of amides is 1. The fourth-order valence-corrected chi connectivity index (χ4v) is 3.34. The summed E-state index contributed by atoms with van der Waals surface area (Å²) in [6.45, 7) is 0.141. The third-order valence-corrected chi connectivity index (χ3v) is 4.89. The molecule has 0 unspecified atom stereocenters. The van der Waals surface area contributed by atoms with Gasteiger partial charge in [-0.3, -0.25) is 14.2 Å². The van der Waals surface area contributed by atoms with Crippen LogP contribution in [0.1, 0.15) is 15.9 Å². The zero-order valence-corrected chi connectivity index (χ0v) is 16.2. The van der Waals surface area contributed by atoms with Crippen molar-refractivity contribution in [1.29, 1.82) is 0 Å². The highest BCUT2D eigenvalue weighted by Crippen LogP contribution is 2.18. The third-order valence-electron chi connectivity index (χ3n) is 4.64. The lowest BCUT2D eigenvalue weighted by Crippen LogP contribution is -2.36. The molecule has 4 rings (SSSR count). The monoisotopic (exact) mass is 408 g/mol. The van der Waals surface area contributed by atoms with Gasteiger partial charge in [0.2, 0.25) is 0 Å². The van der Waals surface area contributed by atoms with E-state index in [9.17, 15) is 14.4 Å². The second-order valence-corrected chi connectivity index (χ2v) is 7.08. The molecule has 0 saturated heterocycles. The Morgan fingerprint density at radius 3 is 2.45 bits per heavy atom. The van der Waals surface area contributed by atoms with Gasteiger partial charge in [-0.1, -0.05) is 41.9 Å². The van der Waals surface area contributed by atoms with Gasteiger partial charge < -0.3 is 14.9 Å². The number of aromatic amines is 1. The predicted molar refractivity (Wildman–Crippen MR) is 113 cm³/mol. The average Bonchev–Trinajstić information content (AvgIpc) is 3.04. The number of hydrogen-bond donors (Lipinski definition) is 2. The number of rotatable bonds is 4. The molecule has 29 heavy (non-hydrogen) atoms. The van der Waals surface area contributed by atoms with Crippen LogP contribution >= 0.6 is 11.6 Å². The summed E-state index contributed by atoms with van der Waals surface area (Å²) in [6.07, 6.45) is 1.53. The number of carbonyl (C=O) groups excluding carboxylic acids is 1. The Hall–Kier alpha value is -3.58. The number of nitrogens with zero attached hydrogens (tertiary/aromatic N) is 2. The number of anilines is 1. The molecule has 0 fully saturated rings. The zero-order valence-electron chi connectivity index (χ0n) is 15.5. The van der Waals surface area contributed by atoms with Crippen LogP contribution in [-0.2, 0) is 13.6 Å². The maximum absolute atomic E-state index is 13.0. The quantitative estimate of drug-likeness (QED) is 0.544. The molecule has 2 N–H and O–H groups in total. The SMILES string of the molecule is Cn1cc(C(=O)Nc2ccc(Cl)cc2)c2[nH]c(=O)n(Cc3ccccc3)c(=O)c21. The van der Waals surface area contributed by atoms with Gasteiger partial charge in [-0.25, -0.2) is 4.79 Å². The number of nitrogens with one attached hydrogen (secondary N) is 2. The van der Waals surface area contributed by atoms with Gasteiger partial charge in [-0.2, -0.15) is 0 Å². The van der Waals surface area contributed by atoms with Gasteiger partial charge in [0.1, 0.15) is 5.52 Å². The van der Waals surface area contributed by atoms with Crippen molar-refractivity contribution in [2.45, 2.75) is 6.54 Å². The van der Waals surface area contributed by atoms with E-state index in [1.54, 1.807) is 35.9 Å². The number of benzene rings is 2. The van der Waals surface area contributed by atoms with Crippen LogP contribution in [0.2, 0.25) is 5.02 Å². The van der Waals surface area contributed by atoms with E-state index in [1.807, 2.05) is 30.3 Å². The third kappa shape index (κ3) is 3.60. The molecule has 0 bridgehead atoms. The van der Waals surface area contributed by atoms with Crippen molar-refractivity contribution >= 4 is 34.2 Å². The summed E-state index contributed by atoms with van der Waals surface area (Å²) in [5, 5.41) is 3.29. The van der Waals surface area contributed by atoms with Gasteiger partial charge >= 0.3 is 5.69 Å². The summed E-state index contributed by atoms with van der Waals surface area (Å²) in [4.78, 5) is 41.0. The van der Waals surface area contributed by atoms with E-state index in [0.717, 1.165) is 10.1 Å². The topological polar surface area (TPSA) is 88.9 Å². The lowest BCUT2D eigenvalue weighted by molar-refractivity contribution is 0.102. The number of aryl methyl sites for hydroxylation is 1. The van der Waals surface area contributed by atoms with Crippen molar-refractivity contribution < 1.29 is 4.79 Å². The van der Waals surface area contributed by atoms with Crippen LogP contribution in [0, 0.1) is 0 Å². The van der Waals surface area contributed by atoms with Gasteiger partial charge in [-0.05, 0) is 29.8 Å². The number of halogens is 1. The molecule has 0 spiro atoms. The maximum Gasteiger partial charge on any atom is 0.329 e. The van der Waals surface area contributed by atoms with Crippen LogP contribution < -0.4 is 16.6 Å². The van der Waals surface area contributed by atoms with Crippen molar-refractivity contribution in [3.63, 3.8) is 0 Å². The van der Waals surface area contributed by atoms with Crippen molar-refractivity contribution in [2.75, 3.05) is 5.32 Å². The van der Waals surface area contributed by atoms with Gasteiger partial charge in [0.05, 0.1) is 17.6 Å². The molecule has 0 aliphatic rings.